The summed E-state index contributed by atoms with van der Waals surface area (Å²) in [6.45, 7) is 0.782. The molecule has 1 saturated heterocycles. The number of aliphatic hydroxyl groups excluding tert-OH is 1. The lowest BCUT2D eigenvalue weighted by Crippen LogP contribution is -2.55. The number of carbonyl (C=O) groups excluding carboxylic acids is 3. The minimum absolute atomic E-state index is 0.0441. The Morgan fingerprint density at radius 3 is 2.44 bits per heavy atom. The molecule has 204 valence electrons. The molecule has 0 bridgehead atoms. The van der Waals surface area contributed by atoms with Gasteiger partial charge in [-0.15, -0.1) is 0 Å². The van der Waals surface area contributed by atoms with Crippen LogP contribution in [-0.4, -0.2) is 63.4 Å². The van der Waals surface area contributed by atoms with Gasteiger partial charge in [0, 0.05) is 30.9 Å². The lowest BCUT2D eigenvalue weighted by atomic mass is 9.99. The average Bonchev–Trinajstić information content (AvgIpc) is 3.27. The number of pyridine rings is 1. The van der Waals surface area contributed by atoms with Gasteiger partial charge in [0.05, 0.1) is 12.6 Å². The Bertz CT molecular complexity index is 1310. The fourth-order valence-corrected chi connectivity index (χ4v) is 4.62. The second-order valence-corrected chi connectivity index (χ2v) is 9.65. The van der Waals surface area contributed by atoms with Crippen molar-refractivity contribution in [3.05, 3.63) is 101 Å². The van der Waals surface area contributed by atoms with Crippen LogP contribution in [0.3, 0.4) is 0 Å². The summed E-state index contributed by atoms with van der Waals surface area (Å²) in [5.41, 5.74) is 2.43. The highest BCUT2D eigenvalue weighted by molar-refractivity contribution is 5.96. The van der Waals surface area contributed by atoms with Crippen molar-refractivity contribution in [2.24, 2.45) is 0 Å². The van der Waals surface area contributed by atoms with Gasteiger partial charge in [0.25, 0.3) is 17.7 Å². The molecule has 3 atom stereocenters. The number of amides is 3. The second-order valence-electron chi connectivity index (χ2n) is 9.65. The predicted molar refractivity (Wildman–Crippen MR) is 140 cm³/mol. The van der Waals surface area contributed by atoms with E-state index in [4.69, 9.17) is 0 Å². The lowest BCUT2D eigenvalue weighted by Gasteiger charge is -2.30. The number of halogens is 2. The molecule has 39 heavy (non-hydrogen) atoms. The van der Waals surface area contributed by atoms with Gasteiger partial charge >= 0.3 is 0 Å². The molecule has 2 aromatic carbocycles. The van der Waals surface area contributed by atoms with Crippen molar-refractivity contribution >= 4 is 17.7 Å². The van der Waals surface area contributed by atoms with Crippen molar-refractivity contribution < 1.29 is 28.3 Å². The molecule has 1 aliphatic heterocycles. The van der Waals surface area contributed by atoms with Gasteiger partial charge in [-0.05, 0) is 42.2 Å². The number of nitrogens with zero attached hydrogens (tertiary/aromatic N) is 2. The van der Waals surface area contributed by atoms with E-state index in [-0.39, 0.29) is 13.0 Å². The van der Waals surface area contributed by atoms with Gasteiger partial charge in [-0.3, -0.25) is 19.4 Å². The van der Waals surface area contributed by atoms with Gasteiger partial charge in [-0.2, -0.15) is 0 Å². The van der Waals surface area contributed by atoms with E-state index in [0.717, 1.165) is 5.56 Å². The minimum Gasteiger partial charge on any atom is -0.381 e. The van der Waals surface area contributed by atoms with E-state index < -0.39 is 54.8 Å². The fraction of sp³-hybridized carbons (Fsp3) is 0.310. The summed E-state index contributed by atoms with van der Waals surface area (Å²) in [4.78, 5) is 44.1. The number of aromatic nitrogens is 1. The number of likely N-dealkylation sites (tertiary alicyclic amines) is 1. The average molecular weight is 537 g/mol. The summed E-state index contributed by atoms with van der Waals surface area (Å²) >= 11 is 0. The zero-order valence-corrected chi connectivity index (χ0v) is 21.4. The second kappa shape index (κ2) is 12.1. The van der Waals surface area contributed by atoms with E-state index in [0.29, 0.717) is 21.6 Å². The third kappa shape index (κ3) is 7.02. The number of alkyl halides is 2. The van der Waals surface area contributed by atoms with E-state index in [2.05, 4.69) is 15.6 Å². The molecule has 1 fully saturated rings. The molecule has 0 aliphatic carbocycles. The molecule has 2 heterocycles. The Morgan fingerprint density at radius 1 is 1.05 bits per heavy atom. The summed E-state index contributed by atoms with van der Waals surface area (Å²) < 4.78 is 29.0. The van der Waals surface area contributed by atoms with Crippen LogP contribution in [-0.2, 0) is 22.6 Å². The Kier molecular flexibility index (Phi) is 8.65. The van der Waals surface area contributed by atoms with Gasteiger partial charge in [-0.25, -0.2) is 8.78 Å². The van der Waals surface area contributed by atoms with Crippen LogP contribution >= 0.6 is 0 Å². The van der Waals surface area contributed by atoms with E-state index in [1.165, 1.54) is 6.20 Å². The van der Waals surface area contributed by atoms with Crippen molar-refractivity contribution in [1.29, 1.82) is 0 Å². The third-order valence-corrected chi connectivity index (χ3v) is 6.68. The van der Waals surface area contributed by atoms with Crippen molar-refractivity contribution in [2.75, 3.05) is 6.54 Å². The molecule has 8 nitrogen and oxygen atoms in total. The van der Waals surface area contributed by atoms with Gasteiger partial charge in [0.15, 0.2) is 6.10 Å². The number of nitrogens with one attached hydrogen (secondary N) is 2. The van der Waals surface area contributed by atoms with Crippen LogP contribution in [0, 0.1) is 6.92 Å². The normalized spacial score (nSPS) is 17.7. The van der Waals surface area contributed by atoms with Crippen LogP contribution in [0.25, 0.3) is 0 Å². The van der Waals surface area contributed by atoms with Crippen LogP contribution in [0.5, 0.6) is 0 Å². The Balaban J connectivity index is 1.54. The maximum absolute atomic E-state index is 14.5. The summed E-state index contributed by atoms with van der Waals surface area (Å²) in [6, 6.07) is 16.5. The number of rotatable bonds is 9. The van der Waals surface area contributed by atoms with Crippen molar-refractivity contribution in [3.63, 3.8) is 0 Å². The van der Waals surface area contributed by atoms with Gasteiger partial charge in [-0.1, -0.05) is 54.6 Å². The predicted octanol–water partition coefficient (Wildman–Crippen LogP) is 2.64. The summed E-state index contributed by atoms with van der Waals surface area (Å²) in [5.74, 6) is -5.65. The van der Waals surface area contributed by atoms with Gasteiger partial charge in [0.2, 0.25) is 5.91 Å². The molecule has 4 rings (SSSR count). The maximum Gasteiger partial charge on any atom is 0.267 e. The first-order valence-corrected chi connectivity index (χ1v) is 12.6. The van der Waals surface area contributed by atoms with Crippen LogP contribution in [0.2, 0.25) is 0 Å². The standard InChI is InChI=1S/C29H30F2N4O4/c1-19-8-5-6-12-22(19)26(37)34-23(14-20-9-3-2-4-10-20)25(36)28(39)35-18-29(30,31)15-24(35)27(38)33-17-21-11-7-13-32-16-21/h2-13,16,23-25,36H,14-15,17-18H2,1H3,(H,33,38)(H,34,37)/t23-,24-,25-/m0/s1. The Morgan fingerprint density at radius 2 is 1.74 bits per heavy atom. The number of benzene rings is 2. The molecular formula is C29H30F2N4O4. The topological polar surface area (TPSA) is 112 Å². The van der Waals surface area contributed by atoms with Crippen LogP contribution in [0.4, 0.5) is 8.78 Å². The SMILES string of the molecule is Cc1ccccc1C(=O)N[C@@H](Cc1ccccc1)[C@H](O)C(=O)N1CC(F)(F)C[C@H]1C(=O)NCc1cccnc1. The molecule has 3 amide bonds. The molecule has 10 heteroatoms. The van der Waals surface area contributed by atoms with Crippen LogP contribution in [0.15, 0.2) is 79.1 Å². The number of aryl methyl sites for hydroxylation is 1. The molecule has 0 radical (unpaired) electrons. The number of carbonyl (C=O) groups is 3. The maximum atomic E-state index is 14.5. The smallest absolute Gasteiger partial charge is 0.267 e. The molecule has 0 unspecified atom stereocenters. The summed E-state index contributed by atoms with van der Waals surface area (Å²) in [6.07, 6.45) is 0.410. The fourth-order valence-electron chi connectivity index (χ4n) is 4.62. The highest BCUT2D eigenvalue weighted by Crippen LogP contribution is 2.33. The highest BCUT2D eigenvalue weighted by Gasteiger charge is 2.51. The third-order valence-electron chi connectivity index (χ3n) is 6.68. The van der Waals surface area contributed by atoms with Crippen LogP contribution < -0.4 is 10.6 Å². The first-order valence-electron chi connectivity index (χ1n) is 12.6. The molecule has 1 aromatic heterocycles. The first-order chi connectivity index (χ1) is 18.6. The van der Waals surface area contributed by atoms with Gasteiger partial charge in [0.1, 0.15) is 6.04 Å². The molecule has 0 spiro atoms. The summed E-state index contributed by atoms with van der Waals surface area (Å²) in [5, 5.41) is 16.4. The Hall–Kier alpha value is -4.18. The summed E-state index contributed by atoms with van der Waals surface area (Å²) in [7, 11) is 0. The molecule has 0 saturated carbocycles. The van der Waals surface area contributed by atoms with Crippen molar-refractivity contribution in [3.8, 4) is 0 Å². The van der Waals surface area contributed by atoms with Gasteiger partial charge < -0.3 is 20.6 Å². The van der Waals surface area contributed by atoms with Crippen LogP contribution in [0.1, 0.15) is 33.5 Å². The largest absolute Gasteiger partial charge is 0.381 e. The van der Waals surface area contributed by atoms with Crippen molar-refractivity contribution in [2.45, 2.75) is 50.4 Å². The van der Waals surface area contributed by atoms with E-state index in [1.54, 1.807) is 79.9 Å². The number of hydrogen-bond donors (Lipinski definition) is 3. The van der Waals surface area contributed by atoms with E-state index >= 15 is 0 Å². The number of hydrogen-bond acceptors (Lipinski definition) is 5. The monoisotopic (exact) mass is 536 g/mol. The quantitative estimate of drug-likeness (QED) is 0.390. The first kappa shape index (κ1) is 27.8. The molecule has 1 aliphatic rings. The van der Waals surface area contributed by atoms with E-state index in [1.807, 2.05) is 0 Å². The molecule has 3 N–H and O–H groups in total. The van der Waals surface area contributed by atoms with Crippen molar-refractivity contribution in [1.82, 2.24) is 20.5 Å². The zero-order valence-electron chi connectivity index (χ0n) is 21.4. The zero-order chi connectivity index (χ0) is 28.0. The lowest BCUT2D eigenvalue weighted by molar-refractivity contribution is -0.147. The minimum atomic E-state index is -3.31. The molecule has 3 aromatic rings. The Labute approximate surface area is 225 Å². The molecular weight excluding hydrogens is 506 g/mol. The van der Waals surface area contributed by atoms with E-state index in [9.17, 15) is 28.3 Å². The highest BCUT2D eigenvalue weighted by atomic mass is 19.3. The number of aliphatic hydroxyl groups is 1.